The Bertz CT molecular complexity index is 1130. The number of carbonyl (C=O) groups excluding carboxylic acids is 2. The van der Waals surface area contributed by atoms with Crippen molar-refractivity contribution in [3.63, 3.8) is 0 Å². The molecule has 0 aliphatic rings. The number of rotatable bonds is 10. The van der Waals surface area contributed by atoms with E-state index in [1.54, 1.807) is 24.3 Å². The SMILES string of the molecule is CC(=O)O[C@@H](C)CCOc1cc(C)c(-c2cccc(COc3ccc(C=O)cc3)c2C)c(C)n1. The zero-order chi connectivity index (χ0) is 24.7. The molecule has 1 atom stereocenters. The molecule has 6 heteroatoms. The van der Waals surface area contributed by atoms with Crippen LogP contribution in [0.2, 0.25) is 0 Å². The molecule has 0 radical (unpaired) electrons. The van der Waals surface area contributed by atoms with E-state index in [4.69, 9.17) is 14.2 Å². The smallest absolute Gasteiger partial charge is 0.302 e. The van der Waals surface area contributed by atoms with Crippen molar-refractivity contribution in [1.82, 2.24) is 4.98 Å². The van der Waals surface area contributed by atoms with E-state index in [2.05, 4.69) is 31.0 Å². The largest absolute Gasteiger partial charge is 0.489 e. The second-order valence-corrected chi connectivity index (χ2v) is 8.36. The number of aromatic nitrogens is 1. The Morgan fingerprint density at radius 3 is 2.44 bits per heavy atom. The maximum absolute atomic E-state index is 11.0. The van der Waals surface area contributed by atoms with Gasteiger partial charge in [-0.2, -0.15) is 0 Å². The van der Waals surface area contributed by atoms with E-state index in [-0.39, 0.29) is 12.1 Å². The summed E-state index contributed by atoms with van der Waals surface area (Å²) in [6, 6.07) is 15.2. The second-order valence-electron chi connectivity index (χ2n) is 8.36. The van der Waals surface area contributed by atoms with Gasteiger partial charge in [0.2, 0.25) is 5.88 Å². The molecule has 0 aliphatic heterocycles. The molecule has 3 rings (SSSR count). The van der Waals surface area contributed by atoms with Crippen LogP contribution in [0.15, 0.2) is 48.5 Å². The number of aldehydes is 1. The minimum atomic E-state index is -0.291. The summed E-state index contributed by atoms with van der Waals surface area (Å²) in [7, 11) is 0. The maximum Gasteiger partial charge on any atom is 0.302 e. The number of aryl methyl sites for hydroxylation is 2. The monoisotopic (exact) mass is 461 g/mol. The number of esters is 1. The summed E-state index contributed by atoms with van der Waals surface area (Å²) in [6.45, 7) is 10.2. The first-order valence-corrected chi connectivity index (χ1v) is 11.3. The molecule has 1 heterocycles. The molecule has 2 aromatic carbocycles. The fourth-order valence-corrected chi connectivity index (χ4v) is 3.86. The minimum Gasteiger partial charge on any atom is -0.489 e. The van der Waals surface area contributed by atoms with Crippen molar-refractivity contribution in [2.24, 2.45) is 0 Å². The molecule has 0 saturated heterocycles. The van der Waals surface area contributed by atoms with Gasteiger partial charge in [-0.05, 0) is 74.2 Å². The number of ether oxygens (including phenoxy) is 3. The number of carbonyl (C=O) groups is 2. The molecule has 3 aromatic rings. The lowest BCUT2D eigenvalue weighted by atomic mass is 9.93. The molecule has 34 heavy (non-hydrogen) atoms. The molecule has 178 valence electrons. The van der Waals surface area contributed by atoms with Crippen LogP contribution < -0.4 is 9.47 Å². The van der Waals surface area contributed by atoms with Gasteiger partial charge in [-0.25, -0.2) is 4.98 Å². The van der Waals surface area contributed by atoms with Gasteiger partial charge in [0.25, 0.3) is 0 Å². The average Bonchev–Trinajstić information content (AvgIpc) is 2.79. The lowest BCUT2D eigenvalue weighted by molar-refractivity contribution is -0.145. The van der Waals surface area contributed by atoms with Gasteiger partial charge in [-0.1, -0.05) is 18.2 Å². The first-order chi connectivity index (χ1) is 16.3. The highest BCUT2D eigenvalue weighted by molar-refractivity contribution is 5.75. The van der Waals surface area contributed by atoms with Gasteiger partial charge in [0.05, 0.1) is 6.61 Å². The number of benzene rings is 2. The number of pyridine rings is 1. The normalized spacial score (nSPS) is 11.6. The quantitative estimate of drug-likeness (QED) is 0.281. The minimum absolute atomic E-state index is 0.200. The van der Waals surface area contributed by atoms with Crippen LogP contribution in [0.5, 0.6) is 11.6 Å². The Morgan fingerprint density at radius 2 is 1.79 bits per heavy atom. The van der Waals surface area contributed by atoms with E-state index >= 15 is 0 Å². The summed E-state index contributed by atoms with van der Waals surface area (Å²) in [5, 5.41) is 0. The van der Waals surface area contributed by atoms with E-state index in [9.17, 15) is 9.59 Å². The standard InChI is InChI=1S/C28H31NO5/c1-18-15-27(32-14-13-19(2)34-22(5)31)29-21(4)28(18)26-8-6-7-24(20(26)3)17-33-25-11-9-23(16-30)10-12-25/h6-12,15-16,19H,13-14,17H2,1-5H3/t19-/m0/s1. The molecule has 1 aromatic heterocycles. The summed E-state index contributed by atoms with van der Waals surface area (Å²) >= 11 is 0. The second kappa shape index (κ2) is 11.5. The van der Waals surface area contributed by atoms with E-state index in [1.807, 2.05) is 26.0 Å². The van der Waals surface area contributed by atoms with Gasteiger partial charge in [0.1, 0.15) is 24.7 Å². The van der Waals surface area contributed by atoms with Gasteiger partial charge < -0.3 is 14.2 Å². The van der Waals surface area contributed by atoms with Crippen LogP contribution in [0.4, 0.5) is 0 Å². The molecule has 0 fully saturated rings. The highest BCUT2D eigenvalue weighted by Gasteiger charge is 2.15. The number of hydrogen-bond acceptors (Lipinski definition) is 6. The first kappa shape index (κ1) is 25.0. The Morgan fingerprint density at radius 1 is 1.06 bits per heavy atom. The molecule has 0 N–H and O–H groups in total. The van der Waals surface area contributed by atoms with E-state index < -0.39 is 0 Å². The summed E-state index contributed by atoms with van der Waals surface area (Å²) < 4.78 is 16.9. The summed E-state index contributed by atoms with van der Waals surface area (Å²) in [4.78, 5) is 26.5. The van der Waals surface area contributed by atoms with Crippen molar-refractivity contribution in [2.75, 3.05) is 6.61 Å². The van der Waals surface area contributed by atoms with Gasteiger partial charge in [0.15, 0.2) is 0 Å². The Labute approximate surface area is 200 Å². The van der Waals surface area contributed by atoms with Crippen LogP contribution in [0, 0.1) is 20.8 Å². The third kappa shape index (κ3) is 6.44. The van der Waals surface area contributed by atoms with Crippen molar-refractivity contribution in [3.05, 3.63) is 76.5 Å². The highest BCUT2D eigenvalue weighted by atomic mass is 16.5. The average molecular weight is 462 g/mol. The van der Waals surface area contributed by atoms with Crippen LogP contribution in [-0.2, 0) is 16.1 Å². The van der Waals surface area contributed by atoms with Crippen molar-refractivity contribution < 1.29 is 23.8 Å². The van der Waals surface area contributed by atoms with Crippen LogP contribution in [0.25, 0.3) is 11.1 Å². The van der Waals surface area contributed by atoms with Crippen LogP contribution in [0.3, 0.4) is 0 Å². The summed E-state index contributed by atoms with van der Waals surface area (Å²) in [5.74, 6) is 0.985. The molecule has 0 bridgehead atoms. The predicted molar refractivity (Wildman–Crippen MR) is 131 cm³/mol. The molecule has 0 unspecified atom stereocenters. The number of hydrogen-bond donors (Lipinski definition) is 0. The molecular weight excluding hydrogens is 430 g/mol. The van der Waals surface area contributed by atoms with Gasteiger partial charge >= 0.3 is 5.97 Å². The van der Waals surface area contributed by atoms with Crippen molar-refractivity contribution >= 4 is 12.3 Å². The molecule has 0 aliphatic carbocycles. The van der Waals surface area contributed by atoms with E-state index in [1.165, 1.54) is 6.92 Å². The van der Waals surface area contributed by atoms with Crippen LogP contribution in [0.1, 0.15) is 53.0 Å². The number of nitrogens with zero attached hydrogens (tertiary/aromatic N) is 1. The summed E-state index contributed by atoms with van der Waals surface area (Å²) in [6.07, 6.45) is 1.21. The van der Waals surface area contributed by atoms with Crippen LogP contribution >= 0.6 is 0 Å². The molecule has 0 amide bonds. The van der Waals surface area contributed by atoms with Gasteiger partial charge in [-0.15, -0.1) is 0 Å². The Kier molecular flexibility index (Phi) is 8.41. The highest BCUT2D eigenvalue weighted by Crippen LogP contribution is 2.33. The first-order valence-electron chi connectivity index (χ1n) is 11.3. The third-order valence-corrected chi connectivity index (χ3v) is 5.64. The molecule has 6 nitrogen and oxygen atoms in total. The van der Waals surface area contributed by atoms with Crippen molar-refractivity contribution in [1.29, 1.82) is 0 Å². The zero-order valence-electron chi connectivity index (χ0n) is 20.4. The maximum atomic E-state index is 11.0. The Balaban J connectivity index is 1.73. The Hall–Kier alpha value is -3.67. The van der Waals surface area contributed by atoms with E-state index in [0.29, 0.717) is 36.8 Å². The van der Waals surface area contributed by atoms with Crippen molar-refractivity contribution in [2.45, 2.75) is 53.8 Å². The lowest BCUT2D eigenvalue weighted by Gasteiger charge is -2.17. The summed E-state index contributed by atoms with van der Waals surface area (Å²) in [5.41, 5.74) is 6.97. The zero-order valence-corrected chi connectivity index (χ0v) is 20.4. The fraction of sp³-hybridized carbons (Fsp3) is 0.321. The molecule has 0 saturated carbocycles. The lowest BCUT2D eigenvalue weighted by Crippen LogP contribution is -2.16. The van der Waals surface area contributed by atoms with Crippen LogP contribution in [-0.4, -0.2) is 30.0 Å². The molecular formula is C28H31NO5. The predicted octanol–water partition coefficient (Wildman–Crippen LogP) is 5.79. The van der Waals surface area contributed by atoms with E-state index in [0.717, 1.165) is 39.8 Å². The fourth-order valence-electron chi connectivity index (χ4n) is 3.86. The van der Waals surface area contributed by atoms with Gasteiger partial charge in [0, 0.05) is 36.2 Å². The third-order valence-electron chi connectivity index (χ3n) is 5.64. The van der Waals surface area contributed by atoms with Crippen molar-refractivity contribution in [3.8, 4) is 22.8 Å². The molecule has 0 spiro atoms. The van der Waals surface area contributed by atoms with Gasteiger partial charge in [-0.3, -0.25) is 9.59 Å². The topological polar surface area (TPSA) is 74.7 Å².